The number of fused-ring (bicyclic) bond motifs is 1. The Labute approximate surface area is 147 Å². The molecule has 3 rings (SSSR count). The van der Waals surface area contributed by atoms with Gasteiger partial charge in [-0.25, -0.2) is 5.43 Å². The second-order valence-electron chi connectivity index (χ2n) is 5.14. The van der Waals surface area contributed by atoms with E-state index in [-0.39, 0.29) is 5.91 Å². The van der Waals surface area contributed by atoms with Gasteiger partial charge in [-0.1, -0.05) is 52.3 Å². The molecule has 23 heavy (non-hydrogen) atoms. The third-order valence-electron chi connectivity index (χ3n) is 3.54. The van der Waals surface area contributed by atoms with Crippen LogP contribution in [0, 0.1) is 0 Å². The van der Waals surface area contributed by atoms with Crippen LogP contribution in [0.25, 0.3) is 10.8 Å². The monoisotopic (exact) mass is 386 g/mol. The second-order valence-corrected chi connectivity index (χ2v) is 6.94. The molecule has 0 aliphatic rings. The highest BCUT2D eigenvalue weighted by Gasteiger charge is 2.08. The van der Waals surface area contributed by atoms with Crippen LogP contribution in [0.1, 0.15) is 17.4 Å². The van der Waals surface area contributed by atoms with Crippen LogP contribution in [0.5, 0.6) is 0 Å². The third kappa shape index (κ3) is 3.68. The number of hydrazone groups is 1. The van der Waals surface area contributed by atoms with Crippen molar-refractivity contribution in [1.29, 1.82) is 0 Å². The minimum Gasteiger partial charge on any atom is -0.273 e. The maximum Gasteiger partial charge on any atom is 0.244 e. The second kappa shape index (κ2) is 7.06. The van der Waals surface area contributed by atoms with Crippen molar-refractivity contribution in [3.8, 4) is 0 Å². The van der Waals surface area contributed by atoms with E-state index >= 15 is 0 Å². The van der Waals surface area contributed by atoms with Gasteiger partial charge >= 0.3 is 0 Å². The average Bonchev–Trinajstić information content (AvgIpc) is 3.10. The Morgan fingerprint density at radius 1 is 1.13 bits per heavy atom. The molecule has 2 aromatic carbocycles. The molecular weight excluding hydrogens is 372 g/mol. The van der Waals surface area contributed by atoms with Gasteiger partial charge in [0.05, 0.1) is 12.1 Å². The normalized spacial score (nSPS) is 11.7. The Hall–Kier alpha value is -1.98. The van der Waals surface area contributed by atoms with E-state index in [0.717, 1.165) is 31.4 Å². The minimum absolute atomic E-state index is 0.117. The molecule has 0 radical (unpaired) electrons. The molecule has 0 unspecified atom stereocenters. The van der Waals surface area contributed by atoms with Crippen molar-refractivity contribution in [3.63, 3.8) is 0 Å². The number of nitrogens with one attached hydrogen (secondary N) is 1. The number of hydrogen-bond donors (Lipinski definition) is 1. The fourth-order valence-corrected chi connectivity index (χ4v) is 3.53. The van der Waals surface area contributed by atoms with Gasteiger partial charge in [0.25, 0.3) is 0 Å². The lowest BCUT2D eigenvalue weighted by Crippen LogP contribution is -2.21. The summed E-state index contributed by atoms with van der Waals surface area (Å²) in [5.74, 6) is -0.117. The lowest BCUT2D eigenvalue weighted by atomic mass is 10.0. The zero-order valence-corrected chi connectivity index (χ0v) is 14.9. The van der Waals surface area contributed by atoms with Crippen molar-refractivity contribution < 1.29 is 4.79 Å². The van der Waals surface area contributed by atoms with Gasteiger partial charge in [-0.05, 0) is 40.8 Å². The van der Waals surface area contributed by atoms with E-state index in [2.05, 4.69) is 26.5 Å². The van der Waals surface area contributed by atoms with Crippen LogP contribution in [0.3, 0.4) is 0 Å². The number of halogens is 1. The Balaban J connectivity index is 1.76. The number of amides is 1. The standard InChI is InChI=1S/C18H15BrN2OS/c1-12(17-7-4-10-23-17)20-21-18(22)11-13-8-9-16(19)15-6-3-2-5-14(13)15/h2-10H,11H2,1H3,(H,21,22)/b20-12+. The van der Waals surface area contributed by atoms with Gasteiger partial charge in [0.1, 0.15) is 0 Å². The van der Waals surface area contributed by atoms with Crippen molar-refractivity contribution in [1.82, 2.24) is 5.43 Å². The predicted octanol–water partition coefficient (Wildman–Crippen LogP) is 4.75. The molecule has 116 valence electrons. The molecule has 3 nitrogen and oxygen atoms in total. The molecule has 0 aliphatic carbocycles. The number of benzene rings is 2. The number of nitrogens with zero attached hydrogens (tertiary/aromatic N) is 1. The van der Waals surface area contributed by atoms with Gasteiger partial charge in [-0.2, -0.15) is 5.10 Å². The molecule has 0 fully saturated rings. The third-order valence-corrected chi connectivity index (χ3v) is 5.21. The van der Waals surface area contributed by atoms with E-state index in [4.69, 9.17) is 0 Å². The fraction of sp³-hybridized carbons (Fsp3) is 0.111. The number of thiophene rings is 1. The van der Waals surface area contributed by atoms with Crippen LogP contribution in [0.4, 0.5) is 0 Å². The summed E-state index contributed by atoms with van der Waals surface area (Å²) in [4.78, 5) is 13.2. The number of rotatable bonds is 4. The molecular formula is C18H15BrN2OS. The lowest BCUT2D eigenvalue weighted by Gasteiger charge is -2.08. The maximum atomic E-state index is 12.2. The van der Waals surface area contributed by atoms with Crippen LogP contribution in [0.2, 0.25) is 0 Å². The first-order chi connectivity index (χ1) is 11.1. The van der Waals surface area contributed by atoms with Crippen LogP contribution in [-0.4, -0.2) is 11.6 Å². The summed E-state index contributed by atoms with van der Waals surface area (Å²) in [5, 5.41) is 8.36. The molecule has 1 N–H and O–H groups in total. The number of hydrogen-bond acceptors (Lipinski definition) is 3. The molecule has 5 heteroatoms. The molecule has 1 aromatic heterocycles. The molecule has 3 aromatic rings. The first-order valence-electron chi connectivity index (χ1n) is 7.18. The van der Waals surface area contributed by atoms with E-state index in [1.165, 1.54) is 0 Å². The van der Waals surface area contributed by atoms with Crippen LogP contribution in [-0.2, 0) is 11.2 Å². The van der Waals surface area contributed by atoms with E-state index in [0.29, 0.717) is 6.42 Å². The summed E-state index contributed by atoms with van der Waals surface area (Å²) in [6.45, 7) is 1.89. The zero-order chi connectivity index (χ0) is 16.2. The van der Waals surface area contributed by atoms with E-state index in [1.54, 1.807) is 11.3 Å². The maximum absolute atomic E-state index is 12.2. The van der Waals surface area contributed by atoms with Gasteiger partial charge in [-0.3, -0.25) is 4.79 Å². The van der Waals surface area contributed by atoms with Crippen LogP contribution < -0.4 is 5.43 Å². The summed E-state index contributed by atoms with van der Waals surface area (Å²) in [5.41, 5.74) is 4.45. The fourth-order valence-electron chi connectivity index (χ4n) is 2.38. The Morgan fingerprint density at radius 3 is 2.65 bits per heavy atom. The summed E-state index contributed by atoms with van der Waals surface area (Å²) in [6.07, 6.45) is 0.301. The minimum atomic E-state index is -0.117. The highest BCUT2D eigenvalue weighted by Crippen LogP contribution is 2.27. The van der Waals surface area contributed by atoms with E-state index in [9.17, 15) is 4.79 Å². The first kappa shape index (κ1) is 15.9. The van der Waals surface area contributed by atoms with Crippen LogP contribution in [0.15, 0.2) is 63.5 Å². The topological polar surface area (TPSA) is 41.5 Å². The summed E-state index contributed by atoms with van der Waals surface area (Å²) in [7, 11) is 0. The van der Waals surface area contributed by atoms with Gasteiger partial charge in [-0.15, -0.1) is 11.3 Å². The van der Waals surface area contributed by atoms with E-state index in [1.807, 2.05) is 60.8 Å². The molecule has 0 bridgehead atoms. The zero-order valence-electron chi connectivity index (χ0n) is 12.5. The van der Waals surface area contributed by atoms with Crippen molar-refractivity contribution >= 4 is 49.7 Å². The SMILES string of the molecule is C/C(=N\NC(=O)Cc1ccc(Br)c2ccccc12)c1cccs1. The Kier molecular flexibility index (Phi) is 4.88. The molecule has 0 aliphatic heterocycles. The predicted molar refractivity (Wildman–Crippen MR) is 100 cm³/mol. The largest absolute Gasteiger partial charge is 0.273 e. The van der Waals surface area contributed by atoms with Crippen molar-refractivity contribution in [3.05, 3.63) is 68.8 Å². The van der Waals surface area contributed by atoms with Gasteiger partial charge in [0.15, 0.2) is 0 Å². The van der Waals surface area contributed by atoms with Crippen LogP contribution >= 0.6 is 27.3 Å². The molecule has 1 heterocycles. The Bertz CT molecular complexity index is 872. The van der Waals surface area contributed by atoms with Crippen molar-refractivity contribution in [2.75, 3.05) is 0 Å². The Morgan fingerprint density at radius 2 is 1.91 bits per heavy atom. The first-order valence-corrected chi connectivity index (χ1v) is 8.85. The summed E-state index contributed by atoms with van der Waals surface area (Å²) >= 11 is 5.15. The smallest absolute Gasteiger partial charge is 0.244 e. The quantitative estimate of drug-likeness (QED) is 0.510. The molecule has 0 atom stereocenters. The highest BCUT2D eigenvalue weighted by atomic mass is 79.9. The van der Waals surface area contributed by atoms with Gasteiger partial charge in [0.2, 0.25) is 5.91 Å². The van der Waals surface area contributed by atoms with Crippen molar-refractivity contribution in [2.45, 2.75) is 13.3 Å². The number of carbonyl (C=O) groups excluding carboxylic acids is 1. The highest BCUT2D eigenvalue weighted by molar-refractivity contribution is 9.10. The summed E-state index contributed by atoms with van der Waals surface area (Å²) in [6, 6.07) is 15.9. The van der Waals surface area contributed by atoms with Gasteiger partial charge in [0, 0.05) is 9.35 Å². The lowest BCUT2D eigenvalue weighted by molar-refractivity contribution is -0.120. The average molecular weight is 387 g/mol. The molecule has 1 amide bonds. The summed E-state index contributed by atoms with van der Waals surface area (Å²) < 4.78 is 1.03. The molecule has 0 saturated heterocycles. The van der Waals surface area contributed by atoms with E-state index < -0.39 is 0 Å². The van der Waals surface area contributed by atoms with Gasteiger partial charge < -0.3 is 0 Å². The molecule has 0 spiro atoms. The number of carbonyl (C=O) groups is 1. The molecule has 0 saturated carbocycles. The van der Waals surface area contributed by atoms with Crippen molar-refractivity contribution in [2.24, 2.45) is 5.10 Å².